The fourth-order valence-electron chi connectivity index (χ4n) is 2.18. The third-order valence-electron chi connectivity index (χ3n) is 3.23. The smallest absolute Gasteiger partial charge is 0.135 e. The zero-order chi connectivity index (χ0) is 16.1. The zero-order valence-corrected chi connectivity index (χ0v) is 13.1. The van der Waals surface area contributed by atoms with Gasteiger partial charge in [0.1, 0.15) is 22.7 Å². The predicted octanol–water partition coefficient (Wildman–Crippen LogP) is 3.53. The molecule has 3 rings (SSSR count). The summed E-state index contributed by atoms with van der Waals surface area (Å²) in [6.45, 7) is 0. The summed E-state index contributed by atoms with van der Waals surface area (Å²) in [6, 6.07) is 13.3. The summed E-state index contributed by atoms with van der Waals surface area (Å²) in [5.41, 5.74) is 8.05. The fourth-order valence-corrected chi connectivity index (χ4v) is 3.15. The van der Waals surface area contributed by atoms with Crippen LogP contribution in [0.2, 0.25) is 0 Å². The quantitative estimate of drug-likeness (QED) is 0.723. The lowest BCUT2D eigenvalue weighted by Gasteiger charge is -2.08. The van der Waals surface area contributed by atoms with Crippen molar-refractivity contribution in [2.75, 3.05) is 11.5 Å². The van der Waals surface area contributed by atoms with Crippen molar-refractivity contribution in [3.05, 3.63) is 60.1 Å². The van der Waals surface area contributed by atoms with E-state index >= 15 is 0 Å². The number of nitrogens with zero attached hydrogens (tertiary/aromatic N) is 3. The third-order valence-corrected chi connectivity index (χ3v) is 4.20. The summed E-state index contributed by atoms with van der Waals surface area (Å²) >= 11 is 1.50. The van der Waals surface area contributed by atoms with E-state index in [2.05, 4.69) is 16.0 Å². The lowest BCUT2D eigenvalue weighted by molar-refractivity contribution is 0.582. The van der Waals surface area contributed by atoms with Gasteiger partial charge in [0.25, 0.3) is 0 Å². The molecule has 0 spiro atoms. The van der Waals surface area contributed by atoms with Crippen LogP contribution in [-0.2, 0) is 6.42 Å². The van der Waals surface area contributed by atoms with E-state index in [1.807, 2.05) is 18.2 Å². The standard InChI is InChI=1S/C17H14N4OS/c18-11-14-13(15-5-3-8-22-15)10-16(19)21-17(14)23-9-6-12-4-1-2-7-20-12/h1-5,7-8,10H,6,9H2,(H2,19,21). The van der Waals surface area contributed by atoms with Gasteiger partial charge in [-0.3, -0.25) is 4.98 Å². The maximum absolute atomic E-state index is 9.51. The van der Waals surface area contributed by atoms with E-state index < -0.39 is 0 Å². The molecule has 3 heterocycles. The molecule has 6 heteroatoms. The van der Waals surface area contributed by atoms with Crippen molar-refractivity contribution >= 4 is 17.6 Å². The van der Waals surface area contributed by atoms with Crippen molar-refractivity contribution in [3.63, 3.8) is 0 Å². The van der Waals surface area contributed by atoms with Crippen LogP contribution in [-0.4, -0.2) is 15.7 Å². The fraction of sp³-hybridized carbons (Fsp3) is 0.118. The first-order chi connectivity index (χ1) is 11.3. The number of hydrogen-bond acceptors (Lipinski definition) is 6. The average molecular weight is 322 g/mol. The topological polar surface area (TPSA) is 88.7 Å². The summed E-state index contributed by atoms with van der Waals surface area (Å²) in [6.07, 6.45) is 4.14. The summed E-state index contributed by atoms with van der Waals surface area (Å²) in [7, 11) is 0. The Bertz CT molecular complexity index is 826. The van der Waals surface area contributed by atoms with Crippen LogP contribution in [0.15, 0.2) is 58.3 Å². The average Bonchev–Trinajstić information content (AvgIpc) is 3.10. The van der Waals surface area contributed by atoms with Gasteiger partial charge in [-0.15, -0.1) is 11.8 Å². The summed E-state index contributed by atoms with van der Waals surface area (Å²) in [5, 5.41) is 10.1. The molecule has 0 bridgehead atoms. The number of thioether (sulfide) groups is 1. The summed E-state index contributed by atoms with van der Waals surface area (Å²) in [4.78, 5) is 8.59. The number of furan rings is 1. The van der Waals surface area contributed by atoms with Gasteiger partial charge in [0.05, 0.1) is 11.8 Å². The molecule has 0 saturated carbocycles. The molecule has 0 saturated heterocycles. The van der Waals surface area contributed by atoms with Crippen LogP contribution < -0.4 is 5.73 Å². The van der Waals surface area contributed by atoms with E-state index in [1.54, 1.807) is 30.7 Å². The highest BCUT2D eigenvalue weighted by Crippen LogP contribution is 2.32. The second kappa shape index (κ2) is 6.99. The van der Waals surface area contributed by atoms with Crippen molar-refractivity contribution in [2.45, 2.75) is 11.4 Å². The van der Waals surface area contributed by atoms with Gasteiger partial charge in [0, 0.05) is 23.2 Å². The van der Waals surface area contributed by atoms with Crippen LogP contribution >= 0.6 is 11.8 Å². The van der Waals surface area contributed by atoms with E-state index in [9.17, 15) is 5.26 Å². The Morgan fingerprint density at radius 2 is 2.17 bits per heavy atom. The molecule has 23 heavy (non-hydrogen) atoms. The van der Waals surface area contributed by atoms with E-state index in [-0.39, 0.29) is 0 Å². The molecule has 0 aliphatic carbocycles. The normalized spacial score (nSPS) is 10.4. The number of rotatable bonds is 5. The second-order valence-corrected chi connectivity index (χ2v) is 5.87. The number of aryl methyl sites for hydroxylation is 1. The number of nitriles is 1. The first-order valence-electron chi connectivity index (χ1n) is 7.05. The number of anilines is 1. The zero-order valence-electron chi connectivity index (χ0n) is 12.3. The SMILES string of the molecule is N#Cc1c(-c2ccco2)cc(N)nc1SCCc1ccccn1. The Morgan fingerprint density at radius 3 is 2.87 bits per heavy atom. The van der Waals surface area contributed by atoms with Crippen LogP contribution in [0.3, 0.4) is 0 Å². The lowest BCUT2D eigenvalue weighted by atomic mass is 10.1. The minimum Gasteiger partial charge on any atom is -0.464 e. The minimum atomic E-state index is 0.371. The Morgan fingerprint density at radius 1 is 1.26 bits per heavy atom. The van der Waals surface area contributed by atoms with Gasteiger partial charge >= 0.3 is 0 Å². The van der Waals surface area contributed by atoms with E-state index in [1.165, 1.54) is 11.8 Å². The molecule has 0 aliphatic rings. The van der Waals surface area contributed by atoms with Gasteiger partial charge in [-0.2, -0.15) is 5.26 Å². The highest BCUT2D eigenvalue weighted by molar-refractivity contribution is 7.99. The van der Waals surface area contributed by atoms with Gasteiger partial charge in [-0.1, -0.05) is 6.07 Å². The van der Waals surface area contributed by atoms with Crippen molar-refractivity contribution < 1.29 is 4.42 Å². The van der Waals surface area contributed by atoms with Gasteiger partial charge in [-0.25, -0.2) is 4.98 Å². The Balaban J connectivity index is 1.83. The maximum Gasteiger partial charge on any atom is 0.135 e. The monoisotopic (exact) mass is 322 g/mol. The van der Waals surface area contributed by atoms with Crippen LogP contribution in [0.4, 0.5) is 5.82 Å². The summed E-state index contributed by atoms with van der Waals surface area (Å²) < 4.78 is 5.39. The largest absolute Gasteiger partial charge is 0.464 e. The summed E-state index contributed by atoms with van der Waals surface area (Å²) in [5.74, 6) is 1.75. The molecule has 0 aliphatic heterocycles. The Hall–Kier alpha value is -2.78. The van der Waals surface area contributed by atoms with Crippen molar-refractivity contribution in [3.8, 4) is 17.4 Å². The molecular formula is C17H14N4OS. The molecular weight excluding hydrogens is 308 g/mol. The molecule has 0 amide bonds. The number of hydrogen-bond donors (Lipinski definition) is 1. The molecule has 0 atom stereocenters. The highest BCUT2D eigenvalue weighted by Gasteiger charge is 2.15. The third kappa shape index (κ3) is 3.52. The van der Waals surface area contributed by atoms with E-state index in [0.29, 0.717) is 27.7 Å². The van der Waals surface area contributed by atoms with Crippen molar-refractivity contribution in [1.82, 2.24) is 9.97 Å². The highest BCUT2D eigenvalue weighted by atomic mass is 32.2. The molecule has 0 unspecified atom stereocenters. The molecule has 0 radical (unpaired) electrons. The van der Waals surface area contributed by atoms with Crippen LogP contribution in [0.25, 0.3) is 11.3 Å². The van der Waals surface area contributed by atoms with E-state index in [4.69, 9.17) is 10.2 Å². The van der Waals surface area contributed by atoms with Crippen molar-refractivity contribution in [1.29, 1.82) is 5.26 Å². The van der Waals surface area contributed by atoms with Crippen molar-refractivity contribution in [2.24, 2.45) is 0 Å². The molecule has 2 N–H and O–H groups in total. The van der Waals surface area contributed by atoms with E-state index in [0.717, 1.165) is 17.9 Å². The van der Waals surface area contributed by atoms with Crippen LogP contribution in [0, 0.1) is 11.3 Å². The molecule has 0 fully saturated rings. The number of pyridine rings is 2. The molecule has 114 valence electrons. The van der Waals surface area contributed by atoms with Gasteiger partial charge in [-0.05, 0) is 36.8 Å². The first kappa shape index (κ1) is 15.1. The van der Waals surface area contributed by atoms with Gasteiger partial charge < -0.3 is 10.2 Å². The number of aromatic nitrogens is 2. The van der Waals surface area contributed by atoms with Gasteiger partial charge in [0.2, 0.25) is 0 Å². The van der Waals surface area contributed by atoms with Crippen LogP contribution in [0.5, 0.6) is 0 Å². The van der Waals surface area contributed by atoms with Crippen LogP contribution in [0.1, 0.15) is 11.3 Å². The molecule has 3 aromatic heterocycles. The molecule has 5 nitrogen and oxygen atoms in total. The molecule has 3 aromatic rings. The Labute approximate surface area is 138 Å². The predicted molar refractivity (Wildman–Crippen MR) is 89.7 cm³/mol. The minimum absolute atomic E-state index is 0.371. The molecule has 0 aromatic carbocycles. The second-order valence-electron chi connectivity index (χ2n) is 4.78. The number of nitrogens with two attached hydrogens (primary N) is 1. The Kier molecular flexibility index (Phi) is 4.60. The lowest BCUT2D eigenvalue weighted by Crippen LogP contribution is -1.99. The maximum atomic E-state index is 9.51. The van der Waals surface area contributed by atoms with Gasteiger partial charge in [0.15, 0.2) is 0 Å². The number of nitrogen functional groups attached to an aromatic ring is 1. The first-order valence-corrected chi connectivity index (χ1v) is 8.03.